The Kier molecular flexibility index (Phi) is 4.36. The van der Waals surface area contributed by atoms with Crippen molar-refractivity contribution >= 4 is 11.6 Å². The molecule has 0 spiro atoms. The first-order valence-electron chi connectivity index (χ1n) is 6.59. The fourth-order valence-electron chi connectivity index (χ4n) is 2.57. The minimum absolute atomic E-state index is 0.387. The van der Waals surface area contributed by atoms with Gasteiger partial charge in [0.2, 0.25) is 0 Å². The Bertz CT molecular complexity index is 397. The zero-order valence-corrected chi connectivity index (χ0v) is 11.4. The molecule has 1 heterocycles. The normalized spacial score (nSPS) is 23.1. The van der Waals surface area contributed by atoms with E-state index in [1.165, 1.54) is 0 Å². The Morgan fingerprint density at radius 1 is 1.33 bits per heavy atom. The zero-order valence-electron chi connectivity index (χ0n) is 11.4. The Morgan fingerprint density at radius 2 is 2.11 bits per heavy atom. The van der Waals surface area contributed by atoms with Crippen molar-refractivity contribution in [3.05, 3.63) is 11.9 Å². The summed E-state index contributed by atoms with van der Waals surface area (Å²) < 4.78 is 5.40. The predicted octanol–water partition coefficient (Wildman–Crippen LogP) is 2.06. The summed E-state index contributed by atoms with van der Waals surface area (Å²) in [5, 5.41) is 6.64. The molecule has 0 saturated heterocycles. The number of hydrogen-bond acceptors (Lipinski definition) is 5. The van der Waals surface area contributed by atoms with Crippen LogP contribution < -0.4 is 10.6 Å². The average molecular weight is 250 g/mol. The maximum atomic E-state index is 5.40. The molecule has 18 heavy (non-hydrogen) atoms. The highest BCUT2D eigenvalue weighted by Crippen LogP contribution is 2.27. The summed E-state index contributed by atoms with van der Waals surface area (Å²) in [6, 6.07) is 0.458. The number of hydrogen-bond donors (Lipinski definition) is 2. The lowest BCUT2D eigenvalue weighted by Gasteiger charge is -2.17. The molecule has 1 fully saturated rings. The van der Waals surface area contributed by atoms with Gasteiger partial charge in [-0.2, -0.15) is 0 Å². The summed E-state index contributed by atoms with van der Waals surface area (Å²) in [4.78, 5) is 8.62. The van der Waals surface area contributed by atoms with Crippen LogP contribution in [0.3, 0.4) is 0 Å². The van der Waals surface area contributed by atoms with Gasteiger partial charge in [0.05, 0.1) is 6.10 Å². The second kappa shape index (κ2) is 6.00. The van der Waals surface area contributed by atoms with Crippen LogP contribution in [0.2, 0.25) is 0 Å². The van der Waals surface area contributed by atoms with Crippen molar-refractivity contribution in [3.63, 3.8) is 0 Å². The molecule has 1 aliphatic rings. The molecule has 1 aromatic rings. The monoisotopic (exact) mass is 250 g/mol. The SMILES string of the molecule is CCc1c(NC)ncnc1NC1CCC(OC)C1. The Balaban J connectivity index is 2.09. The van der Waals surface area contributed by atoms with Crippen LogP contribution in [0.25, 0.3) is 0 Å². The van der Waals surface area contributed by atoms with Gasteiger partial charge in [0.1, 0.15) is 18.0 Å². The van der Waals surface area contributed by atoms with Gasteiger partial charge in [-0.1, -0.05) is 6.92 Å². The molecule has 100 valence electrons. The topological polar surface area (TPSA) is 59.1 Å². The lowest BCUT2D eigenvalue weighted by Crippen LogP contribution is -2.19. The van der Waals surface area contributed by atoms with Gasteiger partial charge in [0.15, 0.2) is 0 Å². The highest BCUT2D eigenvalue weighted by Gasteiger charge is 2.25. The van der Waals surface area contributed by atoms with E-state index in [9.17, 15) is 0 Å². The molecule has 0 aliphatic heterocycles. The summed E-state index contributed by atoms with van der Waals surface area (Å²) >= 11 is 0. The van der Waals surface area contributed by atoms with Crippen molar-refractivity contribution in [2.75, 3.05) is 24.8 Å². The van der Waals surface area contributed by atoms with Crippen molar-refractivity contribution < 1.29 is 4.74 Å². The van der Waals surface area contributed by atoms with E-state index in [1.807, 2.05) is 7.05 Å². The first kappa shape index (κ1) is 13.1. The number of rotatable bonds is 5. The van der Waals surface area contributed by atoms with Crippen molar-refractivity contribution in [3.8, 4) is 0 Å². The Morgan fingerprint density at radius 3 is 2.72 bits per heavy atom. The van der Waals surface area contributed by atoms with Crippen molar-refractivity contribution in [2.24, 2.45) is 0 Å². The van der Waals surface area contributed by atoms with Crippen LogP contribution in [0, 0.1) is 0 Å². The van der Waals surface area contributed by atoms with Crippen molar-refractivity contribution in [1.82, 2.24) is 9.97 Å². The van der Waals surface area contributed by atoms with Crippen LogP contribution in [-0.2, 0) is 11.2 Å². The van der Waals surface area contributed by atoms with Gasteiger partial charge in [-0.3, -0.25) is 0 Å². The van der Waals surface area contributed by atoms with Crippen LogP contribution in [-0.4, -0.2) is 36.3 Å². The molecule has 5 nitrogen and oxygen atoms in total. The third kappa shape index (κ3) is 2.72. The minimum Gasteiger partial charge on any atom is -0.381 e. The molecule has 2 unspecified atom stereocenters. The minimum atomic E-state index is 0.387. The molecule has 1 aliphatic carbocycles. The number of aromatic nitrogens is 2. The van der Waals surface area contributed by atoms with Crippen LogP contribution in [0.4, 0.5) is 11.6 Å². The molecule has 2 atom stereocenters. The molecule has 0 radical (unpaired) electrons. The van der Waals surface area contributed by atoms with E-state index in [4.69, 9.17) is 4.74 Å². The summed E-state index contributed by atoms with van der Waals surface area (Å²) in [5.41, 5.74) is 1.15. The standard InChI is InChI=1S/C13H22N4O/c1-4-11-12(14-2)15-8-16-13(11)17-9-5-6-10(7-9)18-3/h8-10H,4-7H2,1-3H3,(H2,14,15,16,17). The fraction of sp³-hybridized carbons (Fsp3) is 0.692. The number of methoxy groups -OCH3 is 1. The third-order valence-corrected chi connectivity index (χ3v) is 3.59. The van der Waals surface area contributed by atoms with Crippen molar-refractivity contribution in [2.45, 2.75) is 44.8 Å². The molecular weight excluding hydrogens is 228 g/mol. The Hall–Kier alpha value is -1.36. The lowest BCUT2D eigenvalue weighted by atomic mass is 10.2. The molecule has 1 saturated carbocycles. The lowest BCUT2D eigenvalue weighted by molar-refractivity contribution is 0.108. The highest BCUT2D eigenvalue weighted by molar-refractivity contribution is 5.57. The fourth-order valence-corrected chi connectivity index (χ4v) is 2.57. The molecular formula is C13H22N4O. The first-order valence-corrected chi connectivity index (χ1v) is 6.59. The van der Waals surface area contributed by atoms with E-state index in [-0.39, 0.29) is 0 Å². The van der Waals surface area contributed by atoms with E-state index in [2.05, 4.69) is 27.5 Å². The molecule has 1 aromatic heterocycles. The van der Waals surface area contributed by atoms with Gasteiger partial charge in [-0.15, -0.1) is 0 Å². The second-order valence-corrected chi connectivity index (χ2v) is 4.67. The number of ether oxygens (including phenoxy) is 1. The van der Waals surface area contributed by atoms with Gasteiger partial charge in [0.25, 0.3) is 0 Å². The van der Waals surface area contributed by atoms with E-state index < -0.39 is 0 Å². The summed E-state index contributed by atoms with van der Waals surface area (Å²) in [7, 11) is 3.68. The molecule has 0 aromatic carbocycles. The van der Waals surface area contributed by atoms with E-state index in [0.29, 0.717) is 12.1 Å². The number of nitrogens with zero attached hydrogens (tertiary/aromatic N) is 2. The Labute approximate surface area is 108 Å². The number of anilines is 2. The van der Waals surface area contributed by atoms with E-state index in [0.717, 1.165) is 42.9 Å². The van der Waals surface area contributed by atoms with E-state index >= 15 is 0 Å². The van der Waals surface area contributed by atoms with Crippen LogP contribution in [0.15, 0.2) is 6.33 Å². The maximum absolute atomic E-state index is 5.40. The molecule has 2 N–H and O–H groups in total. The van der Waals surface area contributed by atoms with Crippen LogP contribution >= 0.6 is 0 Å². The number of nitrogens with one attached hydrogen (secondary N) is 2. The molecule has 0 amide bonds. The zero-order chi connectivity index (χ0) is 13.0. The van der Waals surface area contributed by atoms with Gasteiger partial charge < -0.3 is 15.4 Å². The molecule has 0 bridgehead atoms. The van der Waals surface area contributed by atoms with Gasteiger partial charge in [-0.25, -0.2) is 9.97 Å². The molecule has 2 rings (SSSR count). The smallest absolute Gasteiger partial charge is 0.134 e. The van der Waals surface area contributed by atoms with Gasteiger partial charge in [-0.05, 0) is 25.7 Å². The summed E-state index contributed by atoms with van der Waals surface area (Å²) in [5.74, 6) is 1.87. The summed E-state index contributed by atoms with van der Waals surface area (Å²) in [6.07, 6.45) is 6.23. The van der Waals surface area contributed by atoms with Crippen LogP contribution in [0.5, 0.6) is 0 Å². The van der Waals surface area contributed by atoms with Crippen molar-refractivity contribution in [1.29, 1.82) is 0 Å². The summed E-state index contributed by atoms with van der Waals surface area (Å²) in [6.45, 7) is 2.12. The maximum Gasteiger partial charge on any atom is 0.134 e. The first-order chi connectivity index (χ1) is 8.78. The van der Waals surface area contributed by atoms with Crippen LogP contribution in [0.1, 0.15) is 31.7 Å². The second-order valence-electron chi connectivity index (χ2n) is 4.67. The van der Waals surface area contributed by atoms with Gasteiger partial charge >= 0.3 is 0 Å². The average Bonchev–Trinajstić information content (AvgIpc) is 2.86. The third-order valence-electron chi connectivity index (χ3n) is 3.59. The largest absolute Gasteiger partial charge is 0.381 e. The predicted molar refractivity (Wildman–Crippen MR) is 73.0 cm³/mol. The molecule has 5 heteroatoms. The highest BCUT2D eigenvalue weighted by atomic mass is 16.5. The van der Waals surface area contributed by atoms with E-state index in [1.54, 1.807) is 13.4 Å². The van der Waals surface area contributed by atoms with Gasteiger partial charge in [0, 0.05) is 25.8 Å². The quantitative estimate of drug-likeness (QED) is 0.837.